The van der Waals surface area contributed by atoms with Gasteiger partial charge in [0.1, 0.15) is 12.5 Å². The number of aromatic nitrogens is 4. The standard InChI is InChI=1S/C11H14F2N4O4P.Y/c1-7-9-10(15-4-14-7)17(5-16-9)3-11(12,13)8(2)21-6-22(18,19)20;/h5,8H,3,6H2,1-2H3,(H2,18,19,20);/q-1;/t8-;/m0./s1. The summed E-state index contributed by atoms with van der Waals surface area (Å²) < 4.78 is 44.6. The summed E-state index contributed by atoms with van der Waals surface area (Å²) in [4.78, 5) is 28.9. The predicted molar refractivity (Wildman–Crippen MR) is 71.3 cm³/mol. The molecule has 2 aromatic rings. The van der Waals surface area contributed by atoms with Gasteiger partial charge < -0.3 is 29.1 Å². The molecule has 23 heavy (non-hydrogen) atoms. The second kappa shape index (κ2) is 7.67. The molecule has 2 aromatic heterocycles. The third-order valence-corrected chi connectivity index (χ3v) is 3.48. The van der Waals surface area contributed by atoms with Gasteiger partial charge in [0.2, 0.25) is 0 Å². The first-order chi connectivity index (χ1) is 10.1. The van der Waals surface area contributed by atoms with Gasteiger partial charge in [0.25, 0.3) is 5.92 Å². The summed E-state index contributed by atoms with van der Waals surface area (Å²) in [5, 5.41) is 0. The van der Waals surface area contributed by atoms with Crippen LogP contribution in [0.1, 0.15) is 12.6 Å². The van der Waals surface area contributed by atoms with Gasteiger partial charge in [-0.3, -0.25) is 9.55 Å². The molecule has 0 aliphatic heterocycles. The molecule has 8 nitrogen and oxygen atoms in total. The van der Waals surface area contributed by atoms with Crippen molar-refractivity contribution in [1.82, 2.24) is 19.5 Å². The fourth-order valence-corrected chi connectivity index (χ4v) is 2.17. The molecule has 1 radical (unpaired) electrons. The normalized spacial score (nSPS) is 13.8. The van der Waals surface area contributed by atoms with E-state index >= 15 is 0 Å². The molecule has 2 N–H and O–H groups in total. The Balaban J connectivity index is 0.00000264. The Hall–Kier alpha value is -0.376. The van der Waals surface area contributed by atoms with Crippen LogP contribution in [0.2, 0.25) is 0 Å². The predicted octanol–water partition coefficient (Wildman–Crippen LogP) is 1.11. The van der Waals surface area contributed by atoms with Crippen molar-refractivity contribution < 1.29 is 60.6 Å². The van der Waals surface area contributed by atoms with Crippen LogP contribution in [-0.4, -0.2) is 47.7 Å². The molecule has 1 atom stereocenters. The molecule has 2 rings (SSSR count). The van der Waals surface area contributed by atoms with Gasteiger partial charge in [0, 0.05) is 50.2 Å². The van der Waals surface area contributed by atoms with Crippen molar-refractivity contribution in [1.29, 1.82) is 0 Å². The zero-order valence-corrected chi connectivity index (χ0v) is 16.1. The fourth-order valence-electron chi connectivity index (χ4n) is 1.75. The van der Waals surface area contributed by atoms with Gasteiger partial charge in [-0.1, -0.05) is 6.92 Å². The number of hydrogen-bond acceptors (Lipinski definition) is 5. The molecule has 0 fully saturated rings. The summed E-state index contributed by atoms with van der Waals surface area (Å²) >= 11 is 0. The van der Waals surface area contributed by atoms with E-state index in [1.807, 2.05) is 0 Å². The van der Waals surface area contributed by atoms with Gasteiger partial charge in [-0.05, 0) is 12.6 Å². The Labute approximate surface area is 155 Å². The summed E-state index contributed by atoms with van der Waals surface area (Å²) in [6.45, 7) is 1.90. The molecule has 12 heteroatoms. The zero-order valence-electron chi connectivity index (χ0n) is 12.3. The second-order valence-corrected chi connectivity index (χ2v) is 6.40. The second-order valence-electron chi connectivity index (χ2n) is 4.82. The summed E-state index contributed by atoms with van der Waals surface area (Å²) in [5.41, 5.74) is 1.10. The molecular formula is C11H14F2N4O4PY-. The van der Waals surface area contributed by atoms with Crippen LogP contribution in [0.15, 0.2) is 6.33 Å². The molecule has 0 amide bonds. The number of halogens is 2. The summed E-state index contributed by atoms with van der Waals surface area (Å²) in [7, 11) is -4.51. The maximum Gasteiger partial charge on any atom is 0.350 e. The molecule has 0 saturated carbocycles. The molecule has 0 aliphatic rings. The average molecular weight is 424 g/mol. The number of fused-ring (bicyclic) bond motifs is 1. The molecule has 0 unspecified atom stereocenters. The van der Waals surface area contributed by atoms with Crippen LogP contribution in [0.4, 0.5) is 8.78 Å². The largest absolute Gasteiger partial charge is 0.369 e. The van der Waals surface area contributed by atoms with Crippen molar-refractivity contribution in [3.05, 3.63) is 18.3 Å². The van der Waals surface area contributed by atoms with Crippen LogP contribution >= 0.6 is 7.60 Å². The van der Waals surface area contributed by atoms with Crippen LogP contribution in [0.25, 0.3) is 11.2 Å². The first kappa shape index (κ1) is 20.7. The number of nitrogens with zero attached hydrogens (tertiary/aromatic N) is 4. The van der Waals surface area contributed by atoms with Crippen molar-refractivity contribution >= 4 is 18.8 Å². The van der Waals surface area contributed by atoms with Crippen molar-refractivity contribution in [3.63, 3.8) is 0 Å². The van der Waals surface area contributed by atoms with E-state index in [4.69, 9.17) is 9.79 Å². The molecule has 2 heterocycles. The van der Waals surface area contributed by atoms with Gasteiger partial charge in [-0.2, -0.15) is 0 Å². The topological polar surface area (TPSA) is 110 Å². The maximum atomic E-state index is 14.1. The van der Waals surface area contributed by atoms with E-state index in [1.165, 1.54) is 6.33 Å². The number of ether oxygens (including phenoxy) is 1. The number of imidazole rings is 1. The van der Waals surface area contributed by atoms with Crippen molar-refractivity contribution in [2.45, 2.75) is 32.4 Å². The molecule has 0 aromatic carbocycles. The van der Waals surface area contributed by atoms with Crippen LogP contribution in [0.3, 0.4) is 0 Å². The van der Waals surface area contributed by atoms with E-state index in [0.29, 0.717) is 11.2 Å². The molecule has 0 saturated heterocycles. The van der Waals surface area contributed by atoms with Crippen molar-refractivity contribution in [2.24, 2.45) is 0 Å². The Kier molecular flexibility index (Phi) is 6.89. The van der Waals surface area contributed by atoms with Gasteiger partial charge in [0.05, 0.1) is 12.9 Å². The molecule has 0 bridgehead atoms. The number of hydrogen-bond donors (Lipinski definition) is 2. The number of rotatable bonds is 6. The maximum absolute atomic E-state index is 14.1. The van der Waals surface area contributed by atoms with Gasteiger partial charge in [-0.25, -0.2) is 8.78 Å². The monoisotopic (exact) mass is 424 g/mol. The van der Waals surface area contributed by atoms with Crippen LogP contribution in [0.5, 0.6) is 0 Å². The molecule has 125 valence electrons. The van der Waals surface area contributed by atoms with Gasteiger partial charge in [0.15, 0.2) is 0 Å². The third-order valence-electron chi connectivity index (χ3n) is 3.00. The molecular weight excluding hydrogens is 410 g/mol. The van der Waals surface area contributed by atoms with Gasteiger partial charge in [-0.15, -0.1) is 0 Å². The minimum atomic E-state index is -4.51. The Bertz CT molecular complexity index is 723. The summed E-state index contributed by atoms with van der Waals surface area (Å²) in [6.07, 6.45) is 0.792. The number of alkyl halides is 2. The summed E-state index contributed by atoms with van der Waals surface area (Å²) in [5.74, 6) is -3.37. The van der Waals surface area contributed by atoms with Gasteiger partial charge >= 0.3 is 7.60 Å². The minimum absolute atomic E-state index is 0. The van der Waals surface area contributed by atoms with Crippen LogP contribution in [-0.2, 0) is 48.6 Å². The van der Waals surface area contributed by atoms with Crippen molar-refractivity contribution in [2.75, 3.05) is 6.35 Å². The van der Waals surface area contributed by atoms with E-state index in [-0.39, 0.29) is 38.4 Å². The van der Waals surface area contributed by atoms with Crippen LogP contribution in [0, 0.1) is 13.3 Å². The zero-order chi connectivity index (χ0) is 16.5. The first-order valence-electron chi connectivity index (χ1n) is 6.19. The number of aryl methyl sites for hydroxylation is 1. The van der Waals surface area contributed by atoms with Crippen LogP contribution < -0.4 is 0 Å². The van der Waals surface area contributed by atoms with E-state index in [2.05, 4.69) is 26.0 Å². The Morgan fingerprint density at radius 1 is 1.48 bits per heavy atom. The Morgan fingerprint density at radius 3 is 2.74 bits per heavy atom. The SMILES string of the molecule is Cc1n[c-]nc2c1ncn2CC(F)(F)[C@H](C)OCP(=O)(O)O.[Y]. The first-order valence-corrected chi connectivity index (χ1v) is 7.99. The third kappa shape index (κ3) is 5.30. The Morgan fingerprint density at radius 2 is 2.13 bits per heavy atom. The van der Waals surface area contributed by atoms with E-state index in [9.17, 15) is 13.3 Å². The fraction of sp³-hybridized carbons (Fsp3) is 0.545. The molecule has 0 aliphatic carbocycles. The smallest absolute Gasteiger partial charge is 0.350 e. The van der Waals surface area contributed by atoms with Crippen molar-refractivity contribution in [3.8, 4) is 0 Å². The summed E-state index contributed by atoms with van der Waals surface area (Å²) in [6, 6.07) is 0. The van der Waals surface area contributed by atoms with E-state index in [0.717, 1.165) is 11.5 Å². The molecule has 0 spiro atoms. The quantitative estimate of drug-likeness (QED) is 0.528. The van der Waals surface area contributed by atoms with E-state index in [1.54, 1.807) is 6.92 Å². The van der Waals surface area contributed by atoms with E-state index < -0.39 is 32.5 Å². The average Bonchev–Trinajstić information content (AvgIpc) is 2.79. The minimum Gasteiger partial charge on any atom is -0.369 e.